The maximum atomic E-state index is 13.6. The van der Waals surface area contributed by atoms with Crippen molar-refractivity contribution >= 4 is 22.9 Å². The number of hydrogen-bond acceptors (Lipinski definition) is 2. The summed E-state index contributed by atoms with van der Waals surface area (Å²) in [5, 5.41) is 3.19. The molecule has 0 amide bonds. The predicted molar refractivity (Wildman–Crippen MR) is 71.2 cm³/mol. The van der Waals surface area contributed by atoms with E-state index in [1.165, 1.54) is 17.4 Å². The second-order valence-electron chi connectivity index (χ2n) is 3.78. The van der Waals surface area contributed by atoms with E-state index in [2.05, 4.69) is 5.32 Å². The summed E-state index contributed by atoms with van der Waals surface area (Å²) in [7, 11) is 1.87. The molecule has 1 aromatic heterocycles. The molecule has 1 heterocycles. The highest BCUT2D eigenvalue weighted by Crippen LogP contribution is 2.29. The molecule has 0 aliphatic carbocycles. The van der Waals surface area contributed by atoms with Gasteiger partial charge in [0.2, 0.25) is 0 Å². The lowest BCUT2D eigenvalue weighted by atomic mass is 10.0. The zero-order chi connectivity index (χ0) is 12.3. The molecule has 0 fully saturated rings. The first kappa shape index (κ1) is 12.6. The largest absolute Gasteiger partial charge is 0.312 e. The Morgan fingerprint density at radius 1 is 1.29 bits per heavy atom. The van der Waals surface area contributed by atoms with E-state index in [0.717, 1.165) is 14.8 Å². The van der Waals surface area contributed by atoms with E-state index >= 15 is 0 Å². The van der Waals surface area contributed by atoms with Crippen LogP contribution < -0.4 is 5.32 Å². The minimum absolute atomic E-state index is 0.101. The fourth-order valence-corrected chi connectivity index (χ4v) is 2.92. The van der Waals surface area contributed by atoms with Crippen LogP contribution in [0.4, 0.5) is 4.39 Å². The molecule has 0 saturated carbocycles. The van der Waals surface area contributed by atoms with E-state index < -0.39 is 0 Å². The van der Waals surface area contributed by atoms with Crippen molar-refractivity contribution in [2.24, 2.45) is 0 Å². The van der Waals surface area contributed by atoms with Gasteiger partial charge in [-0.1, -0.05) is 29.8 Å². The zero-order valence-electron chi connectivity index (χ0n) is 9.41. The average Bonchev–Trinajstić information content (AvgIpc) is 2.75. The van der Waals surface area contributed by atoms with Gasteiger partial charge >= 0.3 is 0 Å². The fourth-order valence-electron chi connectivity index (χ4n) is 1.74. The highest BCUT2D eigenvalue weighted by molar-refractivity contribution is 7.16. The molecule has 1 atom stereocenters. The van der Waals surface area contributed by atoms with Crippen molar-refractivity contribution < 1.29 is 4.39 Å². The Kier molecular flexibility index (Phi) is 4.15. The number of hydrogen-bond donors (Lipinski definition) is 1. The van der Waals surface area contributed by atoms with Crippen molar-refractivity contribution in [3.05, 3.63) is 57.0 Å². The summed E-state index contributed by atoms with van der Waals surface area (Å²) in [5.74, 6) is -0.157. The normalized spacial score (nSPS) is 12.6. The van der Waals surface area contributed by atoms with Gasteiger partial charge in [-0.15, -0.1) is 11.3 Å². The lowest BCUT2D eigenvalue weighted by Gasteiger charge is -2.14. The van der Waals surface area contributed by atoms with Gasteiger partial charge < -0.3 is 5.32 Å². The van der Waals surface area contributed by atoms with Gasteiger partial charge in [-0.05, 0) is 37.2 Å². The highest BCUT2D eigenvalue weighted by atomic mass is 35.5. The molecule has 2 aromatic rings. The number of likely N-dealkylation sites (N-methyl/N-ethyl adjacent to an activating group) is 1. The monoisotopic (exact) mass is 269 g/mol. The first-order chi connectivity index (χ1) is 8.20. The van der Waals surface area contributed by atoms with Gasteiger partial charge in [0.15, 0.2) is 0 Å². The van der Waals surface area contributed by atoms with Crippen LogP contribution in [0.1, 0.15) is 16.5 Å². The quantitative estimate of drug-likeness (QED) is 0.883. The molecule has 17 heavy (non-hydrogen) atoms. The lowest BCUT2D eigenvalue weighted by molar-refractivity contribution is 0.560. The van der Waals surface area contributed by atoms with E-state index in [9.17, 15) is 4.39 Å². The summed E-state index contributed by atoms with van der Waals surface area (Å²) in [4.78, 5) is 1.13. The van der Waals surface area contributed by atoms with Crippen molar-refractivity contribution in [3.8, 4) is 0 Å². The van der Waals surface area contributed by atoms with Crippen LogP contribution in [0.5, 0.6) is 0 Å². The molecule has 4 heteroatoms. The molecule has 0 aliphatic rings. The smallest absolute Gasteiger partial charge is 0.126 e. The van der Waals surface area contributed by atoms with Crippen molar-refractivity contribution in [1.29, 1.82) is 0 Å². The summed E-state index contributed by atoms with van der Waals surface area (Å²) in [5.41, 5.74) is 0.719. The fraction of sp³-hybridized carbons (Fsp3) is 0.231. The second-order valence-corrected chi connectivity index (χ2v) is 5.53. The van der Waals surface area contributed by atoms with Crippen LogP contribution in [0.3, 0.4) is 0 Å². The molecule has 2 rings (SSSR count). The minimum Gasteiger partial charge on any atom is -0.312 e. The molecule has 0 radical (unpaired) electrons. The first-order valence-electron chi connectivity index (χ1n) is 5.36. The second kappa shape index (κ2) is 5.63. The van der Waals surface area contributed by atoms with Gasteiger partial charge in [0.1, 0.15) is 5.82 Å². The Morgan fingerprint density at radius 2 is 2.06 bits per heavy atom. The minimum atomic E-state index is -0.157. The topological polar surface area (TPSA) is 12.0 Å². The van der Waals surface area contributed by atoms with E-state index in [4.69, 9.17) is 11.6 Å². The third-order valence-electron chi connectivity index (χ3n) is 2.67. The van der Waals surface area contributed by atoms with Crippen LogP contribution in [0, 0.1) is 5.82 Å². The first-order valence-corrected chi connectivity index (χ1v) is 6.56. The summed E-state index contributed by atoms with van der Waals surface area (Å²) in [6.45, 7) is 0. The van der Waals surface area contributed by atoms with Crippen LogP contribution in [-0.4, -0.2) is 7.05 Å². The van der Waals surface area contributed by atoms with Crippen LogP contribution in [0.25, 0.3) is 0 Å². The van der Waals surface area contributed by atoms with Gasteiger partial charge in [-0.3, -0.25) is 0 Å². The Morgan fingerprint density at radius 3 is 2.65 bits per heavy atom. The predicted octanol–water partition coefficient (Wildman–Crippen LogP) is 4.04. The van der Waals surface area contributed by atoms with Crippen LogP contribution in [0.2, 0.25) is 4.34 Å². The summed E-state index contributed by atoms with van der Waals surface area (Å²) in [6, 6.07) is 10.8. The Balaban J connectivity index is 2.18. The third kappa shape index (κ3) is 3.06. The average molecular weight is 270 g/mol. The van der Waals surface area contributed by atoms with Crippen molar-refractivity contribution in [1.82, 2.24) is 5.32 Å². The van der Waals surface area contributed by atoms with E-state index in [0.29, 0.717) is 6.42 Å². The molecular weight excluding hydrogens is 257 g/mol. The van der Waals surface area contributed by atoms with Crippen molar-refractivity contribution in [2.45, 2.75) is 12.5 Å². The zero-order valence-corrected chi connectivity index (χ0v) is 11.0. The molecule has 1 unspecified atom stereocenters. The Labute approximate surface area is 109 Å². The third-order valence-corrected chi connectivity index (χ3v) is 4.01. The molecule has 0 saturated heterocycles. The Bertz CT molecular complexity index is 498. The summed E-state index contributed by atoms with van der Waals surface area (Å²) >= 11 is 7.44. The molecule has 0 spiro atoms. The standard InChI is InChI=1S/C13H13ClFNS/c1-16-11(12-6-7-13(14)17-12)8-9-4-2-3-5-10(9)15/h2-7,11,16H,8H2,1H3. The molecule has 1 aromatic carbocycles. The van der Waals surface area contributed by atoms with Crippen LogP contribution in [0.15, 0.2) is 36.4 Å². The van der Waals surface area contributed by atoms with Gasteiger partial charge in [0.05, 0.1) is 4.34 Å². The maximum absolute atomic E-state index is 13.6. The molecule has 1 nitrogen and oxygen atoms in total. The van der Waals surface area contributed by atoms with Crippen molar-refractivity contribution in [2.75, 3.05) is 7.05 Å². The Hall–Kier alpha value is -0.900. The van der Waals surface area contributed by atoms with E-state index in [1.807, 2.05) is 31.3 Å². The summed E-state index contributed by atoms with van der Waals surface area (Å²) < 4.78 is 14.3. The molecule has 90 valence electrons. The molecule has 0 bridgehead atoms. The molecule has 0 aliphatic heterocycles. The van der Waals surface area contributed by atoms with Crippen molar-refractivity contribution in [3.63, 3.8) is 0 Å². The molecule has 1 N–H and O–H groups in total. The maximum Gasteiger partial charge on any atom is 0.126 e. The van der Waals surface area contributed by atoms with Gasteiger partial charge in [-0.2, -0.15) is 0 Å². The van der Waals surface area contributed by atoms with E-state index in [1.54, 1.807) is 6.07 Å². The number of benzene rings is 1. The lowest BCUT2D eigenvalue weighted by Crippen LogP contribution is -2.18. The van der Waals surface area contributed by atoms with Gasteiger partial charge in [-0.25, -0.2) is 4.39 Å². The number of thiophene rings is 1. The SMILES string of the molecule is CNC(Cc1ccccc1F)c1ccc(Cl)s1. The summed E-state index contributed by atoms with van der Waals surface area (Å²) in [6.07, 6.45) is 0.625. The number of nitrogens with one attached hydrogen (secondary N) is 1. The van der Waals surface area contributed by atoms with Crippen LogP contribution in [-0.2, 0) is 6.42 Å². The number of rotatable bonds is 4. The highest BCUT2D eigenvalue weighted by Gasteiger charge is 2.14. The molecular formula is C13H13ClFNS. The number of halogens is 2. The van der Waals surface area contributed by atoms with E-state index in [-0.39, 0.29) is 11.9 Å². The van der Waals surface area contributed by atoms with Gasteiger partial charge in [0, 0.05) is 10.9 Å². The van der Waals surface area contributed by atoms with Crippen LogP contribution >= 0.6 is 22.9 Å². The van der Waals surface area contributed by atoms with Gasteiger partial charge in [0.25, 0.3) is 0 Å².